The van der Waals surface area contributed by atoms with E-state index in [9.17, 15) is 4.79 Å². The van der Waals surface area contributed by atoms with Crippen LogP contribution in [-0.2, 0) is 6.54 Å². The first-order chi connectivity index (χ1) is 8.69. The summed E-state index contributed by atoms with van der Waals surface area (Å²) in [6, 6.07) is 8.25. The fourth-order valence-electron chi connectivity index (χ4n) is 1.33. The van der Waals surface area contributed by atoms with Crippen LogP contribution >= 0.6 is 0 Å². The van der Waals surface area contributed by atoms with Gasteiger partial charge in [-0.15, -0.1) is 0 Å². The van der Waals surface area contributed by atoms with E-state index in [-0.39, 0.29) is 5.76 Å². The van der Waals surface area contributed by atoms with Crippen molar-refractivity contribution in [1.29, 1.82) is 5.26 Å². The zero-order valence-corrected chi connectivity index (χ0v) is 9.25. The molecule has 0 aliphatic carbocycles. The number of rotatable bonds is 4. The van der Waals surface area contributed by atoms with Crippen molar-refractivity contribution in [2.75, 3.05) is 5.32 Å². The first-order valence-corrected chi connectivity index (χ1v) is 5.11. The molecule has 0 unspecified atom stereocenters. The van der Waals surface area contributed by atoms with E-state index in [1.807, 2.05) is 6.07 Å². The average Bonchev–Trinajstić information content (AvgIpc) is 2.86. The van der Waals surface area contributed by atoms with Gasteiger partial charge in [0.2, 0.25) is 5.76 Å². The lowest BCUT2D eigenvalue weighted by Crippen LogP contribution is -2.00. The number of nitrogens with one attached hydrogen (secondary N) is 1. The number of furan rings is 1. The second-order valence-corrected chi connectivity index (χ2v) is 3.47. The predicted molar refractivity (Wildman–Crippen MR) is 61.9 cm³/mol. The zero-order chi connectivity index (χ0) is 13.0. The third-order valence-electron chi connectivity index (χ3n) is 2.21. The molecule has 0 bridgehead atoms. The molecular weight excluding hydrogens is 234 g/mol. The molecule has 2 rings (SSSR count). The molecule has 0 aromatic carbocycles. The van der Waals surface area contributed by atoms with Crippen LogP contribution in [0.15, 0.2) is 34.9 Å². The number of carbonyl (C=O) groups is 1. The molecule has 2 aromatic rings. The van der Waals surface area contributed by atoms with Crippen molar-refractivity contribution < 1.29 is 14.3 Å². The molecule has 0 spiro atoms. The number of pyridine rings is 1. The van der Waals surface area contributed by atoms with Crippen LogP contribution in [-0.4, -0.2) is 16.1 Å². The smallest absolute Gasteiger partial charge is 0.371 e. The third-order valence-corrected chi connectivity index (χ3v) is 2.21. The number of aromatic carboxylic acids is 1. The van der Waals surface area contributed by atoms with E-state index in [2.05, 4.69) is 10.3 Å². The van der Waals surface area contributed by atoms with Gasteiger partial charge in [0.05, 0.1) is 12.1 Å². The van der Waals surface area contributed by atoms with Crippen LogP contribution in [0.5, 0.6) is 0 Å². The highest BCUT2D eigenvalue weighted by atomic mass is 16.4. The Kier molecular flexibility index (Phi) is 3.25. The Balaban J connectivity index is 1.98. The number of carboxylic acids is 1. The second-order valence-electron chi connectivity index (χ2n) is 3.47. The number of hydrogen-bond donors (Lipinski definition) is 2. The maximum Gasteiger partial charge on any atom is 0.371 e. The van der Waals surface area contributed by atoms with Crippen LogP contribution in [0, 0.1) is 11.3 Å². The molecule has 0 fully saturated rings. The van der Waals surface area contributed by atoms with E-state index in [4.69, 9.17) is 14.8 Å². The Morgan fingerprint density at radius 1 is 1.44 bits per heavy atom. The minimum atomic E-state index is -1.10. The van der Waals surface area contributed by atoms with E-state index in [0.717, 1.165) is 0 Å². The lowest BCUT2D eigenvalue weighted by molar-refractivity contribution is 0.0660. The summed E-state index contributed by atoms with van der Waals surface area (Å²) in [5.74, 6) is -0.113. The van der Waals surface area contributed by atoms with Crippen LogP contribution in [0.1, 0.15) is 21.9 Å². The SMILES string of the molecule is N#Cc1ccc(NCc2ccc(C(=O)O)o2)nc1. The van der Waals surface area contributed by atoms with Crippen molar-refractivity contribution in [2.45, 2.75) is 6.54 Å². The van der Waals surface area contributed by atoms with Gasteiger partial charge in [-0.05, 0) is 24.3 Å². The lowest BCUT2D eigenvalue weighted by Gasteiger charge is -2.02. The van der Waals surface area contributed by atoms with Gasteiger partial charge in [-0.1, -0.05) is 0 Å². The first kappa shape index (κ1) is 11.7. The number of anilines is 1. The number of carboxylic acid groups (broad SMARTS) is 1. The monoisotopic (exact) mass is 243 g/mol. The van der Waals surface area contributed by atoms with Crippen LogP contribution in [0.4, 0.5) is 5.82 Å². The quantitative estimate of drug-likeness (QED) is 0.850. The zero-order valence-electron chi connectivity index (χ0n) is 9.25. The van der Waals surface area contributed by atoms with Gasteiger partial charge in [0, 0.05) is 6.20 Å². The normalized spacial score (nSPS) is 9.72. The maximum atomic E-state index is 10.6. The van der Waals surface area contributed by atoms with Crippen LogP contribution in [0.25, 0.3) is 0 Å². The van der Waals surface area contributed by atoms with Crippen molar-refractivity contribution in [2.24, 2.45) is 0 Å². The molecular formula is C12H9N3O3. The topological polar surface area (TPSA) is 99.2 Å². The highest BCUT2D eigenvalue weighted by molar-refractivity contribution is 5.84. The highest BCUT2D eigenvalue weighted by Crippen LogP contribution is 2.10. The maximum absolute atomic E-state index is 10.6. The molecule has 0 aliphatic rings. The molecule has 2 aromatic heterocycles. The van der Waals surface area contributed by atoms with Gasteiger partial charge >= 0.3 is 5.97 Å². The van der Waals surface area contributed by atoms with E-state index < -0.39 is 5.97 Å². The number of nitrogens with zero attached hydrogens (tertiary/aromatic N) is 2. The molecule has 0 amide bonds. The van der Waals surface area contributed by atoms with Crippen molar-refractivity contribution in [1.82, 2.24) is 4.98 Å². The predicted octanol–water partition coefficient (Wildman–Crippen LogP) is 1.86. The van der Waals surface area contributed by atoms with E-state index >= 15 is 0 Å². The van der Waals surface area contributed by atoms with E-state index in [1.165, 1.54) is 12.3 Å². The van der Waals surface area contributed by atoms with Crippen molar-refractivity contribution in [3.63, 3.8) is 0 Å². The summed E-state index contributed by atoms with van der Waals surface area (Å²) in [6.07, 6.45) is 1.45. The first-order valence-electron chi connectivity index (χ1n) is 5.11. The van der Waals surface area contributed by atoms with Crippen LogP contribution < -0.4 is 5.32 Å². The van der Waals surface area contributed by atoms with Crippen molar-refractivity contribution in [3.05, 3.63) is 47.5 Å². The Labute approximate surface area is 102 Å². The molecule has 2 N–H and O–H groups in total. The molecule has 18 heavy (non-hydrogen) atoms. The molecule has 0 saturated heterocycles. The van der Waals surface area contributed by atoms with Crippen molar-refractivity contribution >= 4 is 11.8 Å². The van der Waals surface area contributed by atoms with Crippen LogP contribution in [0.2, 0.25) is 0 Å². The van der Waals surface area contributed by atoms with Crippen LogP contribution in [0.3, 0.4) is 0 Å². The molecule has 6 nitrogen and oxygen atoms in total. The summed E-state index contributed by atoms with van der Waals surface area (Å²) >= 11 is 0. The fraction of sp³-hybridized carbons (Fsp3) is 0.0833. The molecule has 6 heteroatoms. The minimum absolute atomic E-state index is 0.0976. The summed E-state index contributed by atoms with van der Waals surface area (Å²) < 4.78 is 5.07. The largest absolute Gasteiger partial charge is 0.475 e. The van der Waals surface area contributed by atoms with Gasteiger partial charge in [-0.2, -0.15) is 5.26 Å². The average molecular weight is 243 g/mol. The second kappa shape index (κ2) is 5.01. The molecule has 0 atom stereocenters. The molecule has 0 aliphatic heterocycles. The summed E-state index contributed by atoms with van der Waals surface area (Å²) in [5, 5.41) is 20.3. The summed E-state index contributed by atoms with van der Waals surface area (Å²) in [7, 11) is 0. The van der Waals surface area contributed by atoms with Gasteiger partial charge in [-0.3, -0.25) is 0 Å². The Hall–Kier alpha value is -2.81. The van der Waals surface area contributed by atoms with E-state index in [0.29, 0.717) is 23.7 Å². The van der Waals surface area contributed by atoms with Gasteiger partial charge in [0.25, 0.3) is 0 Å². The number of hydrogen-bond acceptors (Lipinski definition) is 5. The summed E-state index contributed by atoms with van der Waals surface area (Å²) in [4.78, 5) is 14.6. The molecule has 2 heterocycles. The molecule has 0 saturated carbocycles. The lowest BCUT2D eigenvalue weighted by atomic mass is 10.3. The highest BCUT2D eigenvalue weighted by Gasteiger charge is 2.08. The number of nitriles is 1. The Bertz CT molecular complexity index is 596. The number of aromatic nitrogens is 1. The van der Waals surface area contributed by atoms with Gasteiger partial charge in [0.15, 0.2) is 0 Å². The Morgan fingerprint density at radius 2 is 2.28 bits per heavy atom. The summed E-state index contributed by atoms with van der Waals surface area (Å²) in [6.45, 7) is 0.326. The standard InChI is InChI=1S/C12H9N3O3/c13-5-8-1-4-11(14-6-8)15-7-9-2-3-10(18-9)12(16)17/h1-4,6H,7H2,(H,14,15)(H,16,17). The molecule has 90 valence electrons. The molecule has 0 radical (unpaired) electrons. The van der Waals surface area contributed by atoms with Gasteiger partial charge < -0.3 is 14.8 Å². The van der Waals surface area contributed by atoms with Gasteiger partial charge in [0.1, 0.15) is 17.6 Å². The minimum Gasteiger partial charge on any atom is -0.475 e. The van der Waals surface area contributed by atoms with Gasteiger partial charge in [-0.25, -0.2) is 9.78 Å². The third kappa shape index (κ3) is 2.65. The summed E-state index contributed by atoms with van der Waals surface area (Å²) in [5.41, 5.74) is 0.478. The fourth-order valence-corrected chi connectivity index (χ4v) is 1.33. The Morgan fingerprint density at radius 3 is 2.83 bits per heavy atom. The van der Waals surface area contributed by atoms with E-state index in [1.54, 1.807) is 18.2 Å². The van der Waals surface area contributed by atoms with Crippen molar-refractivity contribution in [3.8, 4) is 6.07 Å².